The lowest BCUT2D eigenvalue weighted by atomic mass is 10.0. The third-order valence-corrected chi connectivity index (χ3v) is 8.70. The predicted molar refractivity (Wildman–Crippen MR) is 160 cm³/mol. The molecule has 3 aromatic carbocycles. The van der Waals surface area contributed by atoms with E-state index >= 15 is 0 Å². The van der Waals surface area contributed by atoms with Crippen LogP contribution in [-0.2, 0) is 32.8 Å². The third-order valence-electron chi connectivity index (χ3n) is 6.88. The molecule has 0 saturated heterocycles. The topological polar surface area (TPSA) is 90.0 Å². The van der Waals surface area contributed by atoms with Crippen molar-refractivity contribution in [2.75, 3.05) is 24.9 Å². The van der Waals surface area contributed by atoms with Gasteiger partial charge in [0.2, 0.25) is 11.8 Å². The molecule has 0 heterocycles. The molecular formula is C31H39FN4O4S. The Morgan fingerprint density at radius 3 is 2.07 bits per heavy atom. The summed E-state index contributed by atoms with van der Waals surface area (Å²) in [6.45, 7) is 5.31. The Hall–Kier alpha value is -3.76. The molecule has 0 aliphatic carbocycles. The van der Waals surface area contributed by atoms with Crippen molar-refractivity contribution < 1.29 is 22.4 Å². The fraction of sp³-hybridized carbons (Fsp3) is 0.355. The van der Waals surface area contributed by atoms with Gasteiger partial charge in [-0.2, -0.15) is 12.7 Å². The van der Waals surface area contributed by atoms with Gasteiger partial charge in [0.25, 0.3) is 0 Å². The highest BCUT2D eigenvalue weighted by Gasteiger charge is 2.35. The van der Waals surface area contributed by atoms with Crippen LogP contribution in [-0.4, -0.2) is 62.2 Å². The van der Waals surface area contributed by atoms with Crippen LogP contribution in [0.1, 0.15) is 37.0 Å². The van der Waals surface area contributed by atoms with Crippen molar-refractivity contribution in [1.29, 1.82) is 0 Å². The monoisotopic (exact) mass is 582 g/mol. The number of hydrogen-bond donors (Lipinski definition) is 1. The maximum absolute atomic E-state index is 14.2. The second kappa shape index (κ2) is 14.2. The van der Waals surface area contributed by atoms with Gasteiger partial charge in [-0.15, -0.1) is 0 Å². The number of carbonyl (C=O) groups excluding carboxylic acids is 2. The minimum Gasteiger partial charge on any atom is -0.352 e. The van der Waals surface area contributed by atoms with Crippen molar-refractivity contribution in [2.24, 2.45) is 0 Å². The van der Waals surface area contributed by atoms with Crippen LogP contribution in [0, 0.1) is 12.7 Å². The first kappa shape index (κ1) is 31.8. The normalized spacial score (nSPS) is 13.0. The van der Waals surface area contributed by atoms with Crippen LogP contribution >= 0.6 is 0 Å². The molecule has 0 spiro atoms. The summed E-state index contributed by atoms with van der Waals surface area (Å²) in [6.07, 6.45) is 0.937. The lowest BCUT2D eigenvalue weighted by Crippen LogP contribution is -2.55. The number of hydrogen-bond acceptors (Lipinski definition) is 4. The molecule has 2 unspecified atom stereocenters. The Balaban J connectivity index is 2.08. The Morgan fingerprint density at radius 1 is 0.902 bits per heavy atom. The van der Waals surface area contributed by atoms with E-state index in [1.165, 1.54) is 31.1 Å². The van der Waals surface area contributed by atoms with Crippen LogP contribution in [0.4, 0.5) is 10.1 Å². The summed E-state index contributed by atoms with van der Waals surface area (Å²) in [5.41, 5.74) is 2.82. The number of benzene rings is 3. The Bertz CT molecular complexity index is 1400. The van der Waals surface area contributed by atoms with E-state index in [-0.39, 0.29) is 30.6 Å². The molecule has 220 valence electrons. The second-order valence-electron chi connectivity index (χ2n) is 10.3. The first-order chi connectivity index (χ1) is 19.4. The average molecular weight is 583 g/mol. The smallest absolute Gasteiger partial charge is 0.304 e. The number of anilines is 1. The summed E-state index contributed by atoms with van der Waals surface area (Å²) >= 11 is 0. The van der Waals surface area contributed by atoms with Gasteiger partial charge in [0.1, 0.15) is 18.4 Å². The second-order valence-corrected chi connectivity index (χ2v) is 12.4. The molecule has 0 aromatic heterocycles. The van der Waals surface area contributed by atoms with E-state index in [1.807, 2.05) is 75.4 Å². The van der Waals surface area contributed by atoms with Gasteiger partial charge in [0.05, 0.1) is 5.69 Å². The number of aryl methyl sites for hydroxylation is 1. The van der Waals surface area contributed by atoms with Crippen molar-refractivity contribution in [3.63, 3.8) is 0 Å². The van der Waals surface area contributed by atoms with E-state index < -0.39 is 34.5 Å². The van der Waals surface area contributed by atoms with Crippen molar-refractivity contribution >= 4 is 27.7 Å². The maximum Gasteiger partial charge on any atom is 0.304 e. The van der Waals surface area contributed by atoms with E-state index in [2.05, 4.69) is 5.32 Å². The Labute approximate surface area is 243 Å². The molecule has 2 amide bonds. The lowest BCUT2D eigenvalue weighted by Gasteiger charge is -2.35. The van der Waals surface area contributed by atoms with Gasteiger partial charge in [-0.05, 0) is 55.7 Å². The van der Waals surface area contributed by atoms with Crippen molar-refractivity contribution in [3.8, 4) is 0 Å². The van der Waals surface area contributed by atoms with Gasteiger partial charge in [-0.3, -0.25) is 9.59 Å². The summed E-state index contributed by atoms with van der Waals surface area (Å²) < 4.78 is 42.3. The van der Waals surface area contributed by atoms with E-state index in [9.17, 15) is 22.4 Å². The standard InChI is InChI=1S/C31H39FN4O4S/c1-6-24(3)33-31(38)29(20-25-10-8-7-9-11-25)35(21-26-14-12-23(2)13-15-26)30(37)22-36(41(39,40)34(4)5)28-18-16-27(32)17-19-28/h7-19,24,29H,6,20-22H2,1-5H3,(H,33,38). The summed E-state index contributed by atoms with van der Waals surface area (Å²) in [7, 11) is -1.42. The highest BCUT2D eigenvalue weighted by atomic mass is 32.2. The molecule has 2 atom stereocenters. The van der Waals surface area contributed by atoms with Gasteiger partial charge in [-0.25, -0.2) is 8.70 Å². The molecule has 3 rings (SSSR count). The predicted octanol–water partition coefficient (Wildman–Crippen LogP) is 4.30. The van der Waals surface area contributed by atoms with Crippen LogP contribution in [0.2, 0.25) is 0 Å². The molecule has 1 N–H and O–H groups in total. The Morgan fingerprint density at radius 2 is 1.51 bits per heavy atom. The van der Waals surface area contributed by atoms with Gasteiger partial charge >= 0.3 is 10.2 Å². The van der Waals surface area contributed by atoms with Gasteiger partial charge < -0.3 is 10.2 Å². The van der Waals surface area contributed by atoms with Crippen molar-refractivity contribution in [2.45, 2.75) is 52.2 Å². The van der Waals surface area contributed by atoms with E-state index in [0.717, 1.165) is 37.4 Å². The fourth-order valence-corrected chi connectivity index (χ4v) is 5.27. The number of carbonyl (C=O) groups is 2. The maximum atomic E-state index is 14.2. The van der Waals surface area contributed by atoms with E-state index in [0.29, 0.717) is 6.42 Å². The molecule has 0 aliphatic heterocycles. The molecule has 0 bridgehead atoms. The third kappa shape index (κ3) is 8.61. The van der Waals surface area contributed by atoms with Crippen LogP contribution in [0.3, 0.4) is 0 Å². The highest BCUT2D eigenvalue weighted by molar-refractivity contribution is 7.90. The lowest BCUT2D eigenvalue weighted by molar-refractivity contribution is -0.140. The summed E-state index contributed by atoms with van der Waals surface area (Å²) in [5.74, 6) is -1.43. The minimum atomic E-state index is -4.14. The molecule has 0 radical (unpaired) electrons. The van der Waals surface area contributed by atoms with Crippen LogP contribution in [0.25, 0.3) is 0 Å². The first-order valence-corrected chi connectivity index (χ1v) is 15.0. The van der Waals surface area contributed by atoms with Crippen LogP contribution in [0.5, 0.6) is 0 Å². The van der Waals surface area contributed by atoms with Crippen molar-refractivity contribution in [1.82, 2.24) is 14.5 Å². The largest absolute Gasteiger partial charge is 0.352 e. The summed E-state index contributed by atoms with van der Waals surface area (Å²) in [6, 6.07) is 20.9. The van der Waals surface area contributed by atoms with E-state index in [1.54, 1.807) is 0 Å². The molecule has 41 heavy (non-hydrogen) atoms. The fourth-order valence-electron chi connectivity index (χ4n) is 4.21. The van der Waals surface area contributed by atoms with Gasteiger partial charge in [0.15, 0.2) is 0 Å². The number of nitrogens with one attached hydrogen (secondary N) is 1. The molecule has 10 heteroatoms. The summed E-state index contributed by atoms with van der Waals surface area (Å²) in [4.78, 5) is 29.3. The van der Waals surface area contributed by atoms with Crippen LogP contribution in [0.15, 0.2) is 78.9 Å². The molecule has 0 aliphatic rings. The number of amides is 2. The number of nitrogens with zero attached hydrogens (tertiary/aromatic N) is 3. The average Bonchev–Trinajstić information content (AvgIpc) is 2.95. The minimum absolute atomic E-state index is 0.0871. The summed E-state index contributed by atoms with van der Waals surface area (Å²) in [5, 5.41) is 3.01. The molecule has 8 nitrogen and oxygen atoms in total. The van der Waals surface area contributed by atoms with E-state index in [4.69, 9.17) is 0 Å². The number of rotatable bonds is 13. The molecule has 0 saturated carbocycles. The highest BCUT2D eigenvalue weighted by Crippen LogP contribution is 2.22. The SMILES string of the molecule is CCC(C)NC(=O)C(Cc1ccccc1)N(Cc1ccc(C)cc1)C(=O)CN(c1ccc(F)cc1)S(=O)(=O)N(C)C. The quantitative estimate of drug-likeness (QED) is 0.326. The molecule has 3 aromatic rings. The molecular weight excluding hydrogens is 543 g/mol. The first-order valence-electron chi connectivity index (χ1n) is 13.6. The van der Waals surface area contributed by atoms with Crippen molar-refractivity contribution in [3.05, 3.63) is 101 Å². The van der Waals surface area contributed by atoms with Gasteiger partial charge in [0, 0.05) is 33.1 Å². The van der Waals surface area contributed by atoms with Gasteiger partial charge in [-0.1, -0.05) is 67.1 Å². The zero-order chi connectivity index (χ0) is 30.2. The van der Waals surface area contributed by atoms with Crippen LogP contribution < -0.4 is 9.62 Å². The zero-order valence-corrected chi connectivity index (χ0v) is 25.1. The molecule has 0 fully saturated rings. The Kier molecular flexibility index (Phi) is 11.0. The zero-order valence-electron chi connectivity index (χ0n) is 24.2. The number of halogens is 1.